The molecule has 2 aromatic carbocycles. The first-order valence-electron chi connectivity index (χ1n) is 9.77. The van der Waals surface area contributed by atoms with Crippen molar-refractivity contribution in [2.75, 3.05) is 38.1 Å². The highest BCUT2D eigenvalue weighted by molar-refractivity contribution is 14.1. The SMILES string of the molecule is CN1CCN(c2ccc(CN/C=C3\C(=O)NC(=O)c4ccc(I)cc43)cc2O)CC1. The zero-order valence-electron chi connectivity index (χ0n) is 16.6. The lowest BCUT2D eigenvalue weighted by Gasteiger charge is -2.34. The summed E-state index contributed by atoms with van der Waals surface area (Å²) >= 11 is 2.16. The molecule has 0 aromatic heterocycles. The first-order chi connectivity index (χ1) is 14.4. The van der Waals surface area contributed by atoms with Crippen LogP contribution in [0.5, 0.6) is 5.75 Å². The molecule has 0 spiro atoms. The normalized spacial score (nSPS) is 18.3. The Hall–Kier alpha value is -2.59. The molecular formula is C22H23IN4O3. The molecule has 0 saturated carbocycles. The van der Waals surface area contributed by atoms with Gasteiger partial charge in [-0.15, -0.1) is 0 Å². The number of nitrogens with one attached hydrogen (secondary N) is 2. The predicted molar refractivity (Wildman–Crippen MR) is 124 cm³/mol. The van der Waals surface area contributed by atoms with Gasteiger partial charge in [-0.2, -0.15) is 0 Å². The number of piperazine rings is 1. The summed E-state index contributed by atoms with van der Waals surface area (Å²) in [5.74, 6) is -0.546. The summed E-state index contributed by atoms with van der Waals surface area (Å²) in [5, 5.41) is 16.0. The molecule has 2 aliphatic rings. The van der Waals surface area contributed by atoms with Crippen molar-refractivity contribution in [2.45, 2.75) is 6.54 Å². The van der Waals surface area contributed by atoms with Gasteiger partial charge in [-0.25, -0.2) is 0 Å². The van der Waals surface area contributed by atoms with Crippen LogP contribution >= 0.6 is 22.6 Å². The molecule has 0 unspecified atom stereocenters. The maximum absolute atomic E-state index is 12.3. The Bertz CT molecular complexity index is 1030. The van der Waals surface area contributed by atoms with Crippen LogP contribution in [0, 0.1) is 3.57 Å². The third kappa shape index (κ3) is 4.29. The number of amides is 2. The van der Waals surface area contributed by atoms with Crippen LogP contribution in [0.4, 0.5) is 5.69 Å². The van der Waals surface area contributed by atoms with E-state index < -0.39 is 5.91 Å². The third-order valence-electron chi connectivity index (χ3n) is 5.42. The van der Waals surface area contributed by atoms with Crippen LogP contribution in [-0.4, -0.2) is 55.0 Å². The van der Waals surface area contributed by atoms with E-state index in [0.29, 0.717) is 23.2 Å². The van der Waals surface area contributed by atoms with Crippen LogP contribution in [0.1, 0.15) is 21.5 Å². The highest BCUT2D eigenvalue weighted by Crippen LogP contribution is 2.29. The van der Waals surface area contributed by atoms with Crippen molar-refractivity contribution in [3.8, 4) is 5.75 Å². The molecule has 0 aliphatic carbocycles. The van der Waals surface area contributed by atoms with Crippen molar-refractivity contribution in [3.63, 3.8) is 0 Å². The van der Waals surface area contributed by atoms with Crippen LogP contribution in [0.25, 0.3) is 5.57 Å². The van der Waals surface area contributed by atoms with Gasteiger partial charge in [0, 0.05) is 53.6 Å². The monoisotopic (exact) mass is 518 g/mol. The Morgan fingerprint density at radius 3 is 2.57 bits per heavy atom. The first kappa shape index (κ1) is 20.7. The molecule has 2 amide bonds. The lowest BCUT2D eigenvalue weighted by Crippen LogP contribution is -2.44. The lowest BCUT2D eigenvalue weighted by atomic mass is 9.95. The second-order valence-electron chi connectivity index (χ2n) is 7.53. The molecule has 2 aromatic rings. The minimum absolute atomic E-state index is 0.257. The van der Waals surface area contributed by atoms with Gasteiger partial charge >= 0.3 is 0 Å². The Kier molecular flexibility index (Phi) is 5.96. The number of hydrogen-bond acceptors (Lipinski definition) is 6. The van der Waals surface area contributed by atoms with E-state index in [0.717, 1.165) is 41.0 Å². The molecule has 8 heteroatoms. The summed E-state index contributed by atoms with van der Waals surface area (Å²) in [6.07, 6.45) is 1.63. The van der Waals surface area contributed by atoms with Gasteiger partial charge in [-0.3, -0.25) is 14.9 Å². The maximum Gasteiger partial charge on any atom is 0.260 e. The highest BCUT2D eigenvalue weighted by Gasteiger charge is 2.27. The van der Waals surface area contributed by atoms with Crippen LogP contribution < -0.4 is 15.5 Å². The number of fused-ring (bicyclic) bond motifs is 1. The van der Waals surface area contributed by atoms with Gasteiger partial charge in [-0.1, -0.05) is 6.07 Å². The van der Waals surface area contributed by atoms with Crippen molar-refractivity contribution in [1.82, 2.24) is 15.5 Å². The molecular weight excluding hydrogens is 495 g/mol. The summed E-state index contributed by atoms with van der Waals surface area (Å²) in [6, 6.07) is 11.1. The number of phenolic OH excluding ortho intramolecular Hbond substituents is 1. The molecule has 0 bridgehead atoms. The number of benzene rings is 2. The van der Waals surface area contributed by atoms with Crippen LogP contribution in [0.3, 0.4) is 0 Å². The molecule has 1 saturated heterocycles. The summed E-state index contributed by atoms with van der Waals surface area (Å²) in [5.41, 5.74) is 3.27. The van der Waals surface area contributed by atoms with Crippen LogP contribution in [-0.2, 0) is 11.3 Å². The van der Waals surface area contributed by atoms with E-state index in [1.807, 2.05) is 24.3 Å². The van der Waals surface area contributed by atoms with E-state index in [1.165, 1.54) is 0 Å². The summed E-state index contributed by atoms with van der Waals surface area (Å²) in [4.78, 5) is 28.8. The second-order valence-corrected chi connectivity index (χ2v) is 8.77. The van der Waals surface area contributed by atoms with Crippen LogP contribution in [0.15, 0.2) is 42.6 Å². The van der Waals surface area contributed by atoms with Gasteiger partial charge in [0.05, 0.1) is 11.3 Å². The van der Waals surface area contributed by atoms with Gasteiger partial charge in [0.15, 0.2) is 0 Å². The number of hydrogen-bond donors (Lipinski definition) is 3. The molecule has 3 N–H and O–H groups in total. The van der Waals surface area contributed by atoms with E-state index in [2.05, 4.69) is 50.1 Å². The van der Waals surface area contributed by atoms with E-state index >= 15 is 0 Å². The Labute approximate surface area is 188 Å². The van der Waals surface area contributed by atoms with Crippen molar-refractivity contribution in [2.24, 2.45) is 0 Å². The number of halogens is 1. The fourth-order valence-corrected chi connectivity index (χ4v) is 4.20. The van der Waals surface area contributed by atoms with Crippen LogP contribution in [0.2, 0.25) is 0 Å². The molecule has 0 atom stereocenters. The van der Waals surface area contributed by atoms with E-state index in [-0.39, 0.29) is 11.7 Å². The largest absolute Gasteiger partial charge is 0.506 e. The molecule has 0 radical (unpaired) electrons. The fourth-order valence-electron chi connectivity index (χ4n) is 3.71. The minimum Gasteiger partial charge on any atom is -0.506 e. The van der Waals surface area contributed by atoms with Gasteiger partial charge < -0.3 is 20.2 Å². The average molecular weight is 518 g/mol. The van der Waals surface area contributed by atoms with Crippen molar-refractivity contribution < 1.29 is 14.7 Å². The minimum atomic E-state index is -0.421. The molecule has 2 heterocycles. The summed E-state index contributed by atoms with van der Waals surface area (Å²) in [7, 11) is 2.10. The number of carbonyl (C=O) groups is 2. The van der Waals surface area contributed by atoms with Crippen molar-refractivity contribution in [1.29, 1.82) is 0 Å². The number of imide groups is 1. The highest BCUT2D eigenvalue weighted by atomic mass is 127. The molecule has 2 aliphatic heterocycles. The third-order valence-corrected chi connectivity index (χ3v) is 6.10. The fraction of sp³-hybridized carbons (Fsp3) is 0.273. The van der Waals surface area contributed by atoms with Gasteiger partial charge in [-0.05, 0) is 65.5 Å². The second kappa shape index (κ2) is 8.65. The number of likely N-dealkylation sites (N-methyl/N-ethyl adjacent to an activating group) is 1. The molecule has 4 rings (SSSR count). The molecule has 7 nitrogen and oxygen atoms in total. The number of nitrogens with zero attached hydrogens (tertiary/aromatic N) is 2. The molecule has 1 fully saturated rings. The van der Waals surface area contributed by atoms with E-state index in [4.69, 9.17) is 0 Å². The topological polar surface area (TPSA) is 84.9 Å². The summed E-state index contributed by atoms with van der Waals surface area (Å²) < 4.78 is 0.948. The average Bonchev–Trinajstić information content (AvgIpc) is 2.71. The lowest BCUT2D eigenvalue weighted by molar-refractivity contribution is -0.114. The number of anilines is 1. The predicted octanol–water partition coefficient (Wildman–Crippen LogP) is 2.15. The molecule has 156 valence electrons. The quantitative estimate of drug-likeness (QED) is 0.327. The van der Waals surface area contributed by atoms with Gasteiger partial charge in [0.2, 0.25) is 0 Å². The van der Waals surface area contributed by atoms with E-state index in [1.54, 1.807) is 18.3 Å². The standard InChI is InChI=1S/C22H23IN4O3/c1-26-6-8-27(9-7-26)19-5-2-14(10-20(19)28)12-24-13-18-17-11-15(23)3-4-16(17)21(29)25-22(18)30/h2-5,10-11,13,24,28H,6-9,12H2,1H3,(H,25,29,30)/b18-13-. The van der Waals surface area contributed by atoms with E-state index in [9.17, 15) is 14.7 Å². The maximum atomic E-state index is 12.3. The zero-order chi connectivity index (χ0) is 21.3. The van der Waals surface area contributed by atoms with Gasteiger partial charge in [0.1, 0.15) is 5.75 Å². The molecule has 30 heavy (non-hydrogen) atoms. The number of aromatic hydroxyl groups is 1. The Balaban J connectivity index is 1.48. The number of carbonyl (C=O) groups excluding carboxylic acids is 2. The van der Waals surface area contributed by atoms with Crippen molar-refractivity contribution in [3.05, 3.63) is 62.9 Å². The zero-order valence-corrected chi connectivity index (χ0v) is 18.8. The summed E-state index contributed by atoms with van der Waals surface area (Å²) in [6.45, 7) is 4.17. The number of rotatable bonds is 4. The smallest absolute Gasteiger partial charge is 0.260 e. The van der Waals surface area contributed by atoms with Crippen molar-refractivity contribution >= 4 is 45.7 Å². The Morgan fingerprint density at radius 2 is 1.83 bits per heavy atom. The number of phenols is 1. The first-order valence-corrected chi connectivity index (χ1v) is 10.8. The Morgan fingerprint density at radius 1 is 1.07 bits per heavy atom. The van der Waals surface area contributed by atoms with Gasteiger partial charge in [0.25, 0.3) is 11.8 Å².